The van der Waals surface area contributed by atoms with Crippen LogP contribution in [0.25, 0.3) is 5.65 Å². The van der Waals surface area contributed by atoms with E-state index in [-0.39, 0.29) is 5.91 Å². The normalized spacial score (nSPS) is 10.7. The van der Waals surface area contributed by atoms with Gasteiger partial charge in [0.2, 0.25) is 0 Å². The molecule has 7 heteroatoms. The van der Waals surface area contributed by atoms with Crippen LogP contribution in [0.1, 0.15) is 16.2 Å². The molecule has 0 spiro atoms. The molecule has 20 heavy (non-hydrogen) atoms. The average Bonchev–Trinajstić information content (AvgIpc) is 2.88. The molecule has 3 aromatic heterocycles. The summed E-state index contributed by atoms with van der Waals surface area (Å²) >= 11 is 3.24. The molecule has 1 N–H and O–H groups in total. The molecule has 1 amide bonds. The number of aromatic nitrogens is 4. The van der Waals surface area contributed by atoms with Gasteiger partial charge in [0.25, 0.3) is 5.91 Å². The zero-order chi connectivity index (χ0) is 13.9. The minimum absolute atomic E-state index is 0.180. The highest BCUT2D eigenvalue weighted by Crippen LogP contribution is 2.08. The monoisotopic (exact) mass is 331 g/mol. The van der Waals surface area contributed by atoms with E-state index in [0.717, 1.165) is 5.65 Å². The van der Waals surface area contributed by atoms with Crippen LogP contribution in [0.5, 0.6) is 0 Å². The van der Waals surface area contributed by atoms with Crippen molar-refractivity contribution >= 4 is 27.5 Å². The molecule has 3 rings (SSSR count). The van der Waals surface area contributed by atoms with Crippen LogP contribution in [0, 0.1) is 0 Å². The number of nitrogens with zero attached hydrogens (tertiary/aromatic N) is 4. The number of pyridine rings is 2. The molecule has 0 saturated carbocycles. The Labute approximate surface area is 123 Å². The molecule has 0 aliphatic carbocycles. The van der Waals surface area contributed by atoms with Crippen LogP contribution < -0.4 is 5.32 Å². The molecule has 0 atom stereocenters. The van der Waals surface area contributed by atoms with Crippen LogP contribution in [-0.4, -0.2) is 25.5 Å². The molecule has 0 aliphatic rings. The summed E-state index contributed by atoms with van der Waals surface area (Å²) in [5.74, 6) is 0.503. The Hall–Kier alpha value is -2.28. The largest absolute Gasteiger partial charge is 0.345 e. The van der Waals surface area contributed by atoms with Crippen LogP contribution in [0.15, 0.2) is 47.3 Å². The van der Waals surface area contributed by atoms with Gasteiger partial charge < -0.3 is 5.32 Å². The summed E-state index contributed by atoms with van der Waals surface area (Å²) in [5, 5.41) is 10.9. The predicted molar refractivity (Wildman–Crippen MR) is 76.1 cm³/mol. The predicted octanol–water partition coefficient (Wildman–Crippen LogP) is 1.82. The maximum atomic E-state index is 12.0. The fraction of sp³-hybridized carbons (Fsp3) is 0.0769. The summed E-state index contributed by atoms with van der Waals surface area (Å²) in [4.78, 5) is 16.0. The molecule has 0 aromatic carbocycles. The quantitative estimate of drug-likeness (QED) is 0.743. The lowest BCUT2D eigenvalue weighted by molar-refractivity contribution is 0.0949. The molecule has 0 aliphatic heterocycles. The molecular weight excluding hydrogens is 322 g/mol. The van der Waals surface area contributed by atoms with E-state index in [4.69, 9.17) is 0 Å². The Morgan fingerprint density at radius 3 is 3.05 bits per heavy atom. The Morgan fingerprint density at radius 2 is 2.20 bits per heavy atom. The van der Waals surface area contributed by atoms with Crippen LogP contribution in [-0.2, 0) is 6.54 Å². The maximum Gasteiger partial charge on any atom is 0.251 e. The second kappa shape index (κ2) is 5.38. The molecule has 3 aromatic rings. The van der Waals surface area contributed by atoms with Gasteiger partial charge in [0.1, 0.15) is 4.60 Å². The molecule has 3 heterocycles. The SMILES string of the molecule is O=C(NCc1nnc2ccccn12)c1ccnc(Br)c1. The lowest BCUT2D eigenvalue weighted by Crippen LogP contribution is -2.24. The van der Waals surface area contributed by atoms with Crippen molar-refractivity contribution in [1.82, 2.24) is 24.9 Å². The van der Waals surface area contributed by atoms with Gasteiger partial charge in [-0.1, -0.05) is 6.07 Å². The highest BCUT2D eigenvalue weighted by molar-refractivity contribution is 9.10. The van der Waals surface area contributed by atoms with Gasteiger partial charge in [0.05, 0.1) is 6.54 Å². The summed E-state index contributed by atoms with van der Waals surface area (Å²) in [6.07, 6.45) is 3.44. The van der Waals surface area contributed by atoms with E-state index in [9.17, 15) is 4.79 Å². The van der Waals surface area contributed by atoms with Crippen molar-refractivity contribution in [3.05, 3.63) is 58.7 Å². The topological polar surface area (TPSA) is 72.2 Å². The van der Waals surface area contributed by atoms with Gasteiger partial charge in [-0.15, -0.1) is 10.2 Å². The van der Waals surface area contributed by atoms with Crippen LogP contribution in [0.2, 0.25) is 0 Å². The maximum absolute atomic E-state index is 12.0. The Balaban J connectivity index is 1.75. The number of hydrogen-bond acceptors (Lipinski definition) is 4. The van der Waals surface area contributed by atoms with Crippen LogP contribution >= 0.6 is 15.9 Å². The highest BCUT2D eigenvalue weighted by Gasteiger charge is 2.09. The molecular formula is C13H10BrN5O. The Morgan fingerprint density at radius 1 is 1.30 bits per heavy atom. The number of fused-ring (bicyclic) bond motifs is 1. The van der Waals surface area contributed by atoms with Gasteiger partial charge in [0, 0.05) is 18.0 Å². The van der Waals surface area contributed by atoms with E-state index >= 15 is 0 Å². The van der Waals surface area contributed by atoms with Gasteiger partial charge in [-0.3, -0.25) is 9.20 Å². The zero-order valence-electron chi connectivity index (χ0n) is 10.3. The molecule has 0 bridgehead atoms. The lowest BCUT2D eigenvalue weighted by atomic mass is 10.2. The van der Waals surface area contributed by atoms with Crippen LogP contribution in [0.4, 0.5) is 0 Å². The summed E-state index contributed by atoms with van der Waals surface area (Å²) in [6, 6.07) is 8.96. The van der Waals surface area contributed by atoms with Gasteiger partial charge in [-0.25, -0.2) is 4.98 Å². The van der Waals surface area contributed by atoms with Gasteiger partial charge in [-0.05, 0) is 40.2 Å². The summed E-state index contributed by atoms with van der Waals surface area (Å²) in [7, 11) is 0. The smallest absolute Gasteiger partial charge is 0.251 e. The number of hydrogen-bond donors (Lipinski definition) is 1. The van der Waals surface area contributed by atoms with E-state index in [1.807, 2.05) is 28.8 Å². The molecule has 100 valence electrons. The Kier molecular flexibility index (Phi) is 3.42. The first-order valence-corrected chi connectivity index (χ1v) is 6.72. The molecule has 0 unspecified atom stereocenters. The summed E-state index contributed by atoms with van der Waals surface area (Å²) < 4.78 is 2.46. The average molecular weight is 332 g/mol. The third-order valence-electron chi connectivity index (χ3n) is 2.78. The first-order valence-electron chi connectivity index (χ1n) is 5.92. The number of nitrogens with one attached hydrogen (secondary N) is 1. The van der Waals surface area contributed by atoms with Crippen molar-refractivity contribution in [2.24, 2.45) is 0 Å². The summed E-state index contributed by atoms with van der Waals surface area (Å²) in [5.41, 5.74) is 1.30. The fourth-order valence-corrected chi connectivity index (χ4v) is 2.18. The molecule has 0 saturated heterocycles. The van der Waals surface area contributed by atoms with Crippen molar-refractivity contribution in [2.45, 2.75) is 6.54 Å². The van der Waals surface area contributed by atoms with Gasteiger partial charge in [-0.2, -0.15) is 0 Å². The van der Waals surface area contributed by atoms with Crippen molar-refractivity contribution in [3.63, 3.8) is 0 Å². The number of rotatable bonds is 3. The second-order valence-electron chi connectivity index (χ2n) is 4.09. The standard InChI is InChI=1S/C13H10BrN5O/c14-10-7-9(4-5-15-10)13(20)16-8-12-18-17-11-3-1-2-6-19(11)12/h1-7H,8H2,(H,16,20). The number of carbonyl (C=O) groups excluding carboxylic acids is 1. The highest BCUT2D eigenvalue weighted by atomic mass is 79.9. The fourth-order valence-electron chi connectivity index (χ4n) is 1.82. The third kappa shape index (κ3) is 2.53. The van der Waals surface area contributed by atoms with Gasteiger partial charge >= 0.3 is 0 Å². The number of amides is 1. The van der Waals surface area contributed by atoms with E-state index in [0.29, 0.717) is 22.5 Å². The Bertz CT molecular complexity index is 770. The van der Waals surface area contributed by atoms with Gasteiger partial charge in [0.15, 0.2) is 11.5 Å². The van der Waals surface area contributed by atoms with E-state index in [1.165, 1.54) is 0 Å². The zero-order valence-corrected chi connectivity index (χ0v) is 11.9. The minimum atomic E-state index is -0.180. The third-order valence-corrected chi connectivity index (χ3v) is 3.21. The van der Waals surface area contributed by atoms with Crippen molar-refractivity contribution in [1.29, 1.82) is 0 Å². The van der Waals surface area contributed by atoms with Crippen molar-refractivity contribution in [3.8, 4) is 0 Å². The van der Waals surface area contributed by atoms with Crippen molar-refractivity contribution in [2.75, 3.05) is 0 Å². The molecule has 6 nitrogen and oxygen atoms in total. The second-order valence-corrected chi connectivity index (χ2v) is 4.91. The lowest BCUT2D eigenvalue weighted by Gasteiger charge is -2.04. The first kappa shape index (κ1) is 12.7. The number of carbonyl (C=O) groups is 1. The van der Waals surface area contributed by atoms with E-state index in [1.54, 1.807) is 18.3 Å². The first-order chi connectivity index (χ1) is 9.74. The summed E-state index contributed by atoms with van der Waals surface area (Å²) in [6.45, 7) is 0.309. The van der Waals surface area contributed by atoms with Crippen molar-refractivity contribution < 1.29 is 4.79 Å². The van der Waals surface area contributed by atoms with E-state index in [2.05, 4.69) is 36.4 Å². The van der Waals surface area contributed by atoms with E-state index < -0.39 is 0 Å². The molecule has 0 fully saturated rings. The van der Waals surface area contributed by atoms with Crippen LogP contribution in [0.3, 0.4) is 0 Å². The minimum Gasteiger partial charge on any atom is -0.345 e. The number of halogens is 1. The molecule has 0 radical (unpaired) electrons.